The maximum atomic E-state index is 12.1. The third-order valence-electron chi connectivity index (χ3n) is 2.99. The summed E-state index contributed by atoms with van der Waals surface area (Å²) in [4.78, 5) is 16.2. The highest BCUT2D eigenvalue weighted by atomic mass is 35.5. The molecule has 1 aromatic carbocycles. The van der Waals surface area contributed by atoms with Crippen molar-refractivity contribution < 1.29 is 9.53 Å². The lowest BCUT2D eigenvalue weighted by Crippen LogP contribution is -2.16. The molecule has 3 N–H and O–H groups in total. The Balaban J connectivity index is 2.18. The molecule has 2 rings (SSSR count). The molecule has 0 aliphatic rings. The molecule has 6 nitrogen and oxygen atoms in total. The van der Waals surface area contributed by atoms with E-state index in [1.165, 1.54) is 6.07 Å². The molecule has 0 aliphatic heterocycles. The van der Waals surface area contributed by atoms with Gasteiger partial charge >= 0.3 is 0 Å². The van der Waals surface area contributed by atoms with Crippen LogP contribution in [0.4, 0.5) is 11.5 Å². The minimum Gasteiger partial charge on any atom is -0.477 e. The quantitative estimate of drug-likeness (QED) is 0.877. The fourth-order valence-electron chi connectivity index (χ4n) is 1.96. The first-order valence-electron chi connectivity index (χ1n) is 6.91. The molecule has 0 saturated heterocycles. The SMILES string of the molecule is CCOc1nc(NC(=O)Cc2ccccc2Cl)cc(N)c1C#N. The summed E-state index contributed by atoms with van der Waals surface area (Å²) in [5, 5.41) is 12.2. The number of nitrogens with zero attached hydrogens (tertiary/aromatic N) is 2. The molecule has 0 unspecified atom stereocenters. The van der Waals surface area contributed by atoms with E-state index in [9.17, 15) is 4.79 Å². The van der Waals surface area contributed by atoms with Gasteiger partial charge in [0, 0.05) is 11.1 Å². The fourth-order valence-corrected chi connectivity index (χ4v) is 2.16. The van der Waals surface area contributed by atoms with E-state index in [4.69, 9.17) is 27.3 Å². The lowest BCUT2D eigenvalue weighted by atomic mass is 10.1. The first-order valence-corrected chi connectivity index (χ1v) is 7.29. The Bertz CT molecular complexity index is 771. The van der Waals surface area contributed by atoms with Gasteiger partial charge in [0.2, 0.25) is 11.8 Å². The largest absolute Gasteiger partial charge is 0.477 e. The topological polar surface area (TPSA) is 101 Å². The van der Waals surface area contributed by atoms with Crippen molar-refractivity contribution in [2.24, 2.45) is 0 Å². The second-order valence-corrected chi connectivity index (χ2v) is 5.05. The highest BCUT2D eigenvalue weighted by Gasteiger charge is 2.14. The summed E-state index contributed by atoms with van der Waals surface area (Å²) in [6.07, 6.45) is 0.102. The van der Waals surface area contributed by atoms with Crippen LogP contribution in [0, 0.1) is 11.3 Å². The fraction of sp³-hybridized carbons (Fsp3) is 0.188. The van der Waals surface area contributed by atoms with Crippen molar-refractivity contribution in [3.8, 4) is 11.9 Å². The Morgan fingerprint density at radius 3 is 2.87 bits per heavy atom. The summed E-state index contributed by atoms with van der Waals surface area (Å²) < 4.78 is 5.28. The zero-order valence-corrected chi connectivity index (χ0v) is 13.2. The van der Waals surface area contributed by atoms with E-state index in [2.05, 4.69) is 10.3 Å². The Labute approximate surface area is 138 Å². The Morgan fingerprint density at radius 2 is 2.22 bits per heavy atom. The molecule has 0 fully saturated rings. The molecular weight excluding hydrogens is 316 g/mol. The monoisotopic (exact) mass is 330 g/mol. The van der Waals surface area contributed by atoms with Gasteiger partial charge in [0.1, 0.15) is 17.5 Å². The van der Waals surface area contributed by atoms with E-state index in [0.29, 0.717) is 17.2 Å². The standard InChI is InChI=1S/C16H15ClN4O2/c1-2-23-16-11(9-18)13(19)8-14(21-16)20-15(22)7-10-5-3-4-6-12(10)17/h3-6,8H,2,7H2,1H3,(H3,19,20,21,22). The third-order valence-corrected chi connectivity index (χ3v) is 3.35. The Hall–Kier alpha value is -2.78. The number of amides is 1. The van der Waals surface area contributed by atoms with Crippen LogP contribution < -0.4 is 15.8 Å². The minimum absolute atomic E-state index is 0.100. The number of carbonyl (C=O) groups is 1. The molecule has 0 radical (unpaired) electrons. The smallest absolute Gasteiger partial charge is 0.235 e. The number of hydrogen-bond acceptors (Lipinski definition) is 5. The van der Waals surface area contributed by atoms with Crippen molar-refractivity contribution in [3.63, 3.8) is 0 Å². The molecule has 0 spiro atoms. The Kier molecular flexibility index (Phi) is 5.39. The summed E-state index contributed by atoms with van der Waals surface area (Å²) in [6, 6.07) is 10.4. The molecule has 118 valence electrons. The number of nitrogens with one attached hydrogen (secondary N) is 1. The summed E-state index contributed by atoms with van der Waals surface area (Å²) >= 11 is 6.03. The molecule has 0 aliphatic carbocycles. The summed E-state index contributed by atoms with van der Waals surface area (Å²) in [5.74, 6) is 0.0298. The summed E-state index contributed by atoms with van der Waals surface area (Å²) in [5.41, 5.74) is 6.85. The van der Waals surface area contributed by atoms with E-state index < -0.39 is 0 Å². The maximum Gasteiger partial charge on any atom is 0.235 e. The summed E-state index contributed by atoms with van der Waals surface area (Å²) in [6.45, 7) is 2.10. The van der Waals surface area contributed by atoms with Crippen LogP contribution in [0.5, 0.6) is 5.88 Å². The van der Waals surface area contributed by atoms with Gasteiger partial charge in [0.05, 0.1) is 18.7 Å². The van der Waals surface area contributed by atoms with Gasteiger partial charge in [-0.25, -0.2) is 0 Å². The van der Waals surface area contributed by atoms with E-state index in [1.54, 1.807) is 31.2 Å². The number of hydrogen-bond donors (Lipinski definition) is 2. The van der Waals surface area contributed by atoms with Gasteiger partial charge < -0.3 is 15.8 Å². The Morgan fingerprint density at radius 1 is 1.48 bits per heavy atom. The highest BCUT2D eigenvalue weighted by molar-refractivity contribution is 6.31. The van der Waals surface area contributed by atoms with Crippen LogP contribution in [0.3, 0.4) is 0 Å². The number of aromatic nitrogens is 1. The molecule has 7 heteroatoms. The molecule has 2 aromatic rings. The number of nitriles is 1. The zero-order valence-electron chi connectivity index (χ0n) is 12.5. The normalized spacial score (nSPS) is 9.96. The average molecular weight is 331 g/mol. The van der Waals surface area contributed by atoms with E-state index in [1.807, 2.05) is 6.07 Å². The summed E-state index contributed by atoms with van der Waals surface area (Å²) in [7, 11) is 0. The maximum absolute atomic E-state index is 12.1. The van der Waals surface area contributed by atoms with Crippen LogP contribution >= 0.6 is 11.6 Å². The van der Waals surface area contributed by atoms with Gasteiger partial charge in [0.25, 0.3) is 0 Å². The van der Waals surface area contributed by atoms with Crippen LogP contribution in [0.15, 0.2) is 30.3 Å². The van der Waals surface area contributed by atoms with Crippen molar-refractivity contribution in [3.05, 3.63) is 46.5 Å². The number of carbonyl (C=O) groups excluding carboxylic acids is 1. The number of nitrogen functional groups attached to an aromatic ring is 1. The molecule has 0 saturated carbocycles. The molecular formula is C16H15ClN4O2. The lowest BCUT2D eigenvalue weighted by Gasteiger charge is -2.11. The highest BCUT2D eigenvalue weighted by Crippen LogP contribution is 2.25. The lowest BCUT2D eigenvalue weighted by molar-refractivity contribution is -0.115. The first-order chi connectivity index (χ1) is 11.0. The number of pyridine rings is 1. The molecule has 0 atom stereocenters. The number of rotatable bonds is 5. The van der Waals surface area contributed by atoms with Crippen molar-refractivity contribution in [2.45, 2.75) is 13.3 Å². The van der Waals surface area contributed by atoms with Gasteiger partial charge in [-0.05, 0) is 18.6 Å². The van der Waals surface area contributed by atoms with Crippen LogP contribution in [-0.2, 0) is 11.2 Å². The van der Waals surface area contributed by atoms with Crippen LogP contribution in [-0.4, -0.2) is 17.5 Å². The molecule has 0 bridgehead atoms. The average Bonchev–Trinajstić information content (AvgIpc) is 2.50. The second kappa shape index (κ2) is 7.47. The van der Waals surface area contributed by atoms with Crippen LogP contribution in [0.1, 0.15) is 18.1 Å². The number of nitrogens with two attached hydrogens (primary N) is 1. The van der Waals surface area contributed by atoms with E-state index in [-0.39, 0.29) is 35.3 Å². The number of ether oxygens (including phenoxy) is 1. The van der Waals surface area contributed by atoms with Crippen molar-refractivity contribution in [1.82, 2.24) is 4.98 Å². The molecule has 1 heterocycles. The predicted octanol–water partition coefficient (Wildman–Crippen LogP) is 2.77. The number of anilines is 2. The molecule has 1 amide bonds. The van der Waals surface area contributed by atoms with Crippen molar-refractivity contribution >= 4 is 29.0 Å². The molecule has 23 heavy (non-hydrogen) atoms. The first kappa shape index (κ1) is 16.6. The van der Waals surface area contributed by atoms with Crippen LogP contribution in [0.2, 0.25) is 5.02 Å². The molecule has 1 aromatic heterocycles. The number of halogens is 1. The predicted molar refractivity (Wildman–Crippen MR) is 88.3 cm³/mol. The van der Waals surface area contributed by atoms with Gasteiger partial charge in [-0.3, -0.25) is 4.79 Å². The van der Waals surface area contributed by atoms with E-state index >= 15 is 0 Å². The van der Waals surface area contributed by atoms with Crippen molar-refractivity contribution in [2.75, 3.05) is 17.7 Å². The minimum atomic E-state index is -0.294. The van der Waals surface area contributed by atoms with Crippen LogP contribution in [0.25, 0.3) is 0 Å². The van der Waals surface area contributed by atoms with Gasteiger partial charge in [0.15, 0.2) is 0 Å². The van der Waals surface area contributed by atoms with Gasteiger partial charge in [-0.15, -0.1) is 0 Å². The van der Waals surface area contributed by atoms with E-state index in [0.717, 1.165) is 0 Å². The van der Waals surface area contributed by atoms with Crippen molar-refractivity contribution in [1.29, 1.82) is 5.26 Å². The third kappa shape index (κ3) is 4.11. The number of benzene rings is 1. The van der Waals surface area contributed by atoms with Gasteiger partial charge in [-0.1, -0.05) is 29.8 Å². The zero-order chi connectivity index (χ0) is 16.8. The van der Waals surface area contributed by atoms with Gasteiger partial charge in [-0.2, -0.15) is 10.2 Å². The second-order valence-electron chi connectivity index (χ2n) is 4.64.